The zero-order chi connectivity index (χ0) is 24.2. The Morgan fingerprint density at radius 3 is 2.44 bits per heavy atom. The number of aryl methyl sites for hydroxylation is 4. The maximum atomic E-state index is 14.0. The van der Waals surface area contributed by atoms with Crippen molar-refractivity contribution >= 4 is 34.6 Å². The number of nitrogens with one attached hydrogen (secondary N) is 2. The summed E-state index contributed by atoms with van der Waals surface area (Å²) in [7, 11) is 0. The highest BCUT2D eigenvalue weighted by Gasteiger charge is 2.59. The van der Waals surface area contributed by atoms with Gasteiger partial charge in [-0.3, -0.25) is 9.69 Å². The SMILES string of the molecule is Cc1cccc(N2C(=S)NC3c4cc(C)ccc4OC2(C)C3C(=O)Nc2ccc(C)cc2C)c1. The molecule has 1 saturated heterocycles. The maximum absolute atomic E-state index is 14.0. The van der Waals surface area contributed by atoms with Crippen molar-refractivity contribution in [2.75, 3.05) is 10.2 Å². The Kier molecular flexibility index (Phi) is 5.36. The molecule has 34 heavy (non-hydrogen) atoms. The van der Waals surface area contributed by atoms with Gasteiger partial charge in [0.25, 0.3) is 0 Å². The first-order valence-corrected chi connectivity index (χ1v) is 11.9. The predicted octanol–water partition coefficient (Wildman–Crippen LogP) is 5.72. The molecule has 3 atom stereocenters. The standard InChI is InChI=1S/C28H29N3O2S/c1-16-7-6-8-20(14-16)31-27(34)30-25-21-15-18(3)10-12-23(21)33-28(31,5)24(25)26(32)29-22-11-9-17(2)13-19(22)4/h6-15,24-25H,1-5H3,(H,29,32)(H,30,34). The van der Waals surface area contributed by atoms with Gasteiger partial charge in [-0.25, -0.2) is 0 Å². The Balaban J connectivity index is 1.63. The number of nitrogens with zero attached hydrogens (tertiary/aromatic N) is 1. The molecule has 0 aromatic heterocycles. The van der Waals surface area contributed by atoms with Crippen molar-refractivity contribution in [3.05, 3.63) is 88.5 Å². The first kappa shape index (κ1) is 22.4. The highest BCUT2D eigenvalue weighted by atomic mass is 32.1. The molecule has 2 heterocycles. The molecule has 2 N–H and O–H groups in total. The van der Waals surface area contributed by atoms with Crippen molar-refractivity contribution in [3.63, 3.8) is 0 Å². The zero-order valence-electron chi connectivity index (χ0n) is 20.1. The van der Waals surface area contributed by atoms with E-state index in [9.17, 15) is 4.79 Å². The number of fused-ring (bicyclic) bond motifs is 4. The van der Waals surface area contributed by atoms with Crippen molar-refractivity contribution in [1.29, 1.82) is 0 Å². The highest BCUT2D eigenvalue weighted by molar-refractivity contribution is 7.80. The summed E-state index contributed by atoms with van der Waals surface area (Å²) in [6.07, 6.45) is 0. The molecule has 0 saturated carbocycles. The first-order chi connectivity index (χ1) is 16.2. The van der Waals surface area contributed by atoms with Crippen LogP contribution in [0.4, 0.5) is 11.4 Å². The van der Waals surface area contributed by atoms with Crippen LogP contribution in [-0.2, 0) is 4.79 Å². The number of amides is 1. The molecular formula is C28H29N3O2S. The molecule has 2 aliphatic rings. The molecule has 0 aliphatic carbocycles. The summed E-state index contributed by atoms with van der Waals surface area (Å²) in [5.74, 6) is 0.0929. The first-order valence-electron chi connectivity index (χ1n) is 11.5. The van der Waals surface area contributed by atoms with Crippen molar-refractivity contribution in [2.45, 2.75) is 46.4 Å². The average molecular weight is 472 g/mol. The second-order valence-corrected chi connectivity index (χ2v) is 9.97. The second-order valence-electron chi connectivity index (χ2n) is 9.58. The van der Waals surface area contributed by atoms with Gasteiger partial charge in [-0.15, -0.1) is 0 Å². The Bertz CT molecular complexity index is 1320. The number of thiocarbonyl (C=S) groups is 1. The number of carbonyl (C=O) groups excluding carboxylic acids is 1. The van der Waals surface area contributed by atoms with Gasteiger partial charge in [0.1, 0.15) is 11.7 Å². The fourth-order valence-corrected chi connectivity index (χ4v) is 5.64. The molecule has 3 aromatic rings. The summed E-state index contributed by atoms with van der Waals surface area (Å²) in [4.78, 5) is 15.9. The fourth-order valence-electron chi connectivity index (χ4n) is 5.22. The van der Waals surface area contributed by atoms with Crippen LogP contribution in [0, 0.1) is 33.6 Å². The molecule has 5 rings (SSSR count). The van der Waals surface area contributed by atoms with Crippen molar-refractivity contribution in [2.24, 2.45) is 5.92 Å². The van der Waals surface area contributed by atoms with E-state index < -0.39 is 11.6 Å². The van der Waals surface area contributed by atoms with Crippen LogP contribution in [0.25, 0.3) is 0 Å². The van der Waals surface area contributed by atoms with Crippen LogP contribution in [0.5, 0.6) is 5.75 Å². The van der Waals surface area contributed by atoms with E-state index in [1.165, 1.54) is 0 Å². The van der Waals surface area contributed by atoms with E-state index in [-0.39, 0.29) is 11.9 Å². The average Bonchev–Trinajstić information content (AvgIpc) is 2.76. The number of benzene rings is 3. The number of hydrogen-bond donors (Lipinski definition) is 2. The lowest BCUT2D eigenvalue weighted by molar-refractivity contribution is -0.130. The van der Waals surface area contributed by atoms with Crippen LogP contribution < -0.4 is 20.3 Å². The number of ether oxygens (including phenoxy) is 1. The van der Waals surface area contributed by atoms with Gasteiger partial charge >= 0.3 is 0 Å². The summed E-state index contributed by atoms with van der Waals surface area (Å²) < 4.78 is 6.68. The molecule has 3 unspecified atom stereocenters. The van der Waals surface area contributed by atoms with E-state index in [0.29, 0.717) is 5.11 Å². The monoisotopic (exact) mass is 471 g/mol. The molecule has 6 heteroatoms. The van der Waals surface area contributed by atoms with Gasteiger partial charge in [0.05, 0.1) is 6.04 Å². The summed E-state index contributed by atoms with van der Waals surface area (Å²) in [6, 6.07) is 19.9. The lowest BCUT2D eigenvalue weighted by Crippen LogP contribution is -2.72. The summed E-state index contributed by atoms with van der Waals surface area (Å²) in [5.41, 5.74) is 6.01. The van der Waals surface area contributed by atoms with Gasteiger partial charge in [0.15, 0.2) is 10.8 Å². The van der Waals surface area contributed by atoms with Crippen LogP contribution in [-0.4, -0.2) is 16.7 Å². The molecule has 2 bridgehead atoms. The van der Waals surface area contributed by atoms with Gasteiger partial charge in [-0.1, -0.05) is 47.5 Å². The van der Waals surface area contributed by atoms with E-state index in [1.54, 1.807) is 0 Å². The number of hydrogen-bond acceptors (Lipinski definition) is 3. The smallest absolute Gasteiger partial charge is 0.236 e. The normalized spacial score (nSPS) is 23.0. The predicted molar refractivity (Wildman–Crippen MR) is 140 cm³/mol. The molecule has 1 fully saturated rings. The van der Waals surface area contributed by atoms with E-state index >= 15 is 0 Å². The number of rotatable bonds is 3. The lowest BCUT2D eigenvalue weighted by atomic mass is 9.78. The topological polar surface area (TPSA) is 53.6 Å². The van der Waals surface area contributed by atoms with Gasteiger partial charge in [0, 0.05) is 16.9 Å². The number of carbonyl (C=O) groups is 1. The molecular weight excluding hydrogens is 442 g/mol. The van der Waals surface area contributed by atoms with Crippen LogP contribution in [0.2, 0.25) is 0 Å². The van der Waals surface area contributed by atoms with Crippen LogP contribution in [0.15, 0.2) is 60.7 Å². The summed E-state index contributed by atoms with van der Waals surface area (Å²) >= 11 is 5.85. The second kappa shape index (κ2) is 8.13. The Hall–Kier alpha value is -3.38. The minimum atomic E-state index is -1.02. The molecule has 1 amide bonds. The Morgan fingerprint density at radius 2 is 1.71 bits per heavy atom. The van der Waals surface area contributed by atoms with E-state index in [1.807, 2.05) is 82.0 Å². The quantitative estimate of drug-likeness (QED) is 0.479. The molecule has 0 spiro atoms. The molecule has 174 valence electrons. The van der Waals surface area contributed by atoms with Gasteiger partial charge in [-0.05, 0) is 82.2 Å². The van der Waals surface area contributed by atoms with Crippen LogP contribution >= 0.6 is 12.2 Å². The van der Waals surface area contributed by atoms with Crippen molar-refractivity contribution in [1.82, 2.24) is 5.32 Å². The van der Waals surface area contributed by atoms with E-state index in [0.717, 1.165) is 44.9 Å². The van der Waals surface area contributed by atoms with E-state index in [4.69, 9.17) is 17.0 Å². The minimum absolute atomic E-state index is 0.112. The minimum Gasteiger partial charge on any atom is -0.467 e. The Labute approximate surface area is 206 Å². The van der Waals surface area contributed by atoms with Gasteiger partial charge in [-0.2, -0.15) is 0 Å². The third-order valence-electron chi connectivity index (χ3n) is 6.84. The van der Waals surface area contributed by atoms with Crippen LogP contribution in [0.3, 0.4) is 0 Å². The summed E-state index contributed by atoms with van der Waals surface area (Å²) in [6.45, 7) is 10.1. The zero-order valence-corrected chi connectivity index (χ0v) is 20.9. The largest absolute Gasteiger partial charge is 0.467 e. The van der Waals surface area contributed by atoms with Crippen molar-refractivity contribution in [3.8, 4) is 5.75 Å². The van der Waals surface area contributed by atoms with Crippen LogP contribution in [0.1, 0.15) is 40.8 Å². The van der Waals surface area contributed by atoms with Crippen molar-refractivity contribution < 1.29 is 9.53 Å². The van der Waals surface area contributed by atoms with E-state index in [2.05, 4.69) is 28.8 Å². The summed E-state index contributed by atoms with van der Waals surface area (Å²) in [5, 5.41) is 7.20. The Morgan fingerprint density at radius 1 is 1.00 bits per heavy atom. The molecule has 2 aliphatic heterocycles. The van der Waals surface area contributed by atoms with Gasteiger partial charge < -0.3 is 15.4 Å². The lowest BCUT2D eigenvalue weighted by Gasteiger charge is -2.56. The molecule has 3 aromatic carbocycles. The third-order valence-corrected chi connectivity index (χ3v) is 7.14. The highest BCUT2D eigenvalue weighted by Crippen LogP contribution is 2.50. The van der Waals surface area contributed by atoms with Gasteiger partial charge in [0.2, 0.25) is 5.91 Å². The maximum Gasteiger partial charge on any atom is 0.236 e. The third kappa shape index (κ3) is 3.62. The molecule has 0 radical (unpaired) electrons. The number of anilines is 2. The fraction of sp³-hybridized carbons (Fsp3) is 0.286. The molecule has 5 nitrogen and oxygen atoms in total.